The Morgan fingerprint density at radius 1 is 1.30 bits per heavy atom. The topological polar surface area (TPSA) is 34.1 Å². The minimum absolute atomic E-state index is 0.211. The van der Waals surface area contributed by atoms with Crippen molar-refractivity contribution in [2.45, 2.75) is 26.4 Å². The molecule has 5 heteroatoms. The monoisotopic (exact) mass is 398 g/mol. The van der Waals surface area contributed by atoms with E-state index in [1.807, 2.05) is 30.3 Å². The van der Waals surface area contributed by atoms with Crippen LogP contribution in [0.5, 0.6) is 5.75 Å². The van der Waals surface area contributed by atoms with E-state index in [4.69, 9.17) is 4.74 Å². The first-order valence-corrected chi connectivity index (χ1v) is 8.02. The number of halogens is 2. The summed E-state index contributed by atoms with van der Waals surface area (Å²) < 4.78 is 7.65. The van der Waals surface area contributed by atoms with Crippen LogP contribution in [0.4, 0.5) is 11.5 Å². The number of benzene rings is 1. The minimum atomic E-state index is 0.211. The van der Waals surface area contributed by atoms with Crippen LogP contribution in [0.1, 0.15) is 20.3 Å². The first-order valence-electron chi connectivity index (χ1n) is 6.43. The van der Waals surface area contributed by atoms with Gasteiger partial charge in [0.05, 0.1) is 10.6 Å². The van der Waals surface area contributed by atoms with Gasteiger partial charge in [0.2, 0.25) is 0 Å². The molecule has 3 nitrogen and oxygen atoms in total. The van der Waals surface area contributed by atoms with Crippen LogP contribution in [-0.4, -0.2) is 11.1 Å². The second-order valence-electron chi connectivity index (χ2n) is 4.47. The van der Waals surface area contributed by atoms with E-state index in [-0.39, 0.29) is 6.10 Å². The van der Waals surface area contributed by atoms with Crippen LogP contribution in [0.15, 0.2) is 45.5 Å². The molecule has 0 bridgehead atoms. The standard InChI is InChI=1S/C15H16Br2N2O/c1-3-10(2)20-13-6-4-5-12(8-13)19-15-14(17)7-11(16)9-18-15/h4-10H,3H2,1-2H3,(H,18,19). The molecular weight excluding hydrogens is 384 g/mol. The van der Waals surface area contributed by atoms with Gasteiger partial charge in [-0.05, 0) is 63.4 Å². The average molecular weight is 400 g/mol. The molecule has 2 aromatic rings. The summed E-state index contributed by atoms with van der Waals surface area (Å²) in [6, 6.07) is 9.84. The molecule has 20 heavy (non-hydrogen) atoms. The molecule has 0 saturated heterocycles. The second kappa shape index (κ2) is 7.09. The van der Waals surface area contributed by atoms with Gasteiger partial charge < -0.3 is 10.1 Å². The summed E-state index contributed by atoms with van der Waals surface area (Å²) in [5.74, 6) is 1.63. The van der Waals surface area contributed by atoms with Gasteiger partial charge in [0.1, 0.15) is 11.6 Å². The number of nitrogens with one attached hydrogen (secondary N) is 1. The molecule has 1 heterocycles. The number of pyridine rings is 1. The Balaban J connectivity index is 2.15. The molecule has 106 valence electrons. The van der Waals surface area contributed by atoms with E-state index in [0.29, 0.717) is 0 Å². The zero-order chi connectivity index (χ0) is 14.5. The third-order valence-corrected chi connectivity index (χ3v) is 3.85. The lowest BCUT2D eigenvalue weighted by atomic mass is 10.2. The van der Waals surface area contributed by atoms with Crippen LogP contribution in [0.2, 0.25) is 0 Å². The van der Waals surface area contributed by atoms with Crippen molar-refractivity contribution in [3.05, 3.63) is 45.5 Å². The fraction of sp³-hybridized carbons (Fsp3) is 0.267. The van der Waals surface area contributed by atoms with E-state index in [9.17, 15) is 0 Å². The van der Waals surface area contributed by atoms with E-state index in [0.717, 1.165) is 32.6 Å². The summed E-state index contributed by atoms with van der Waals surface area (Å²) in [5, 5.41) is 3.27. The molecule has 0 spiro atoms. The van der Waals surface area contributed by atoms with Crippen molar-refractivity contribution in [2.75, 3.05) is 5.32 Å². The number of rotatable bonds is 5. The SMILES string of the molecule is CCC(C)Oc1cccc(Nc2ncc(Br)cc2Br)c1. The Morgan fingerprint density at radius 3 is 2.80 bits per heavy atom. The normalized spacial score (nSPS) is 12.0. The second-order valence-corrected chi connectivity index (χ2v) is 6.24. The van der Waals surface area contributed by atoms with Gasteiger partial charge in [0.25, 0.3) is 0 Å². The Morgan fingerprint density at radius 2 is 2.10 bits per heavy atom. The predicted octanol–water partition coefficient (Wildman–Crippen LogP) is 5.53. The molecule has 0 amide bonds. The molecule has 1 N–H and O–H groups in total. The van der Waals surface area contributed by atoms with Gasteiger partial charge in [-0.25, -0.2) is 4.98 Å². The number of anilines is 2. The maximum Gasteiger partial charge on any atom is 0.144 e. The van der Waals surface area contributed by atoms with Crippen LogP contribution in [0.3, 0.4) is 0 Å². The summed E-state index contributed by atoms with van der Waals surface area (Å²) in [4.78, 5) is 4.33. The van der Waals surface area contributed by atoms with Crippen LogP contribution in [0, 0.1) is 0 Å². The molecule has 1 atom stereocenters. The molecule has 0 saturated carbocycles. The average Bonchev–Trinajstić information content (AvgIpc) is 2.42. The van der Waals surface area contributed by atoms with Crippen LogP contribution in [0.25, 0.3) is 0 Å². The largest absolute Gasteiger partial charge is 0.491 e. The van der Waals surface area contributed by atoms with Gasteiger partial charge in [0, 0.05) is 22.4 Å². The molecule has 1 aromatic heterocycles. The summed E-state index contributed by atoms with van der Waals surface area (Å²) in [7, 11) is 0. The number of hydrogen-bond acceptors (Lipinski definition) is 3. The highest BCUT2D eigenvalue weighted by molar-refractivity contribution is 9.11. The third-order valence-electron chi connectivity index (χ3n) is 2.82. The van der Waals surface area contributed by atoms with E-state index in [1.165, 1.54) is 0 Å². The lowest BCUT2D eigenvalue weighted by molar-refractivity contribution is 0.217. The molecule has 2 rings (SSSR count). The number of aromatic nitrogens is 1. The molecule has 0 aliphatic rings. The zero-order valence-corrected chi connectivity index (χ0v) is 14.5. The quantitative estimate of drug-likeness (QED) is 0.717. The van der Waals surface area contributed by atoms with E-state index in [1.54, 1.807) is 6.20 Å². The van der Waals surface area contributed by atoms with Crippen LogP contribution >= 0.6 is 31.9 Å². The molecule has 0 radical (unpaired) electrons. The van der Waals surface area contributed by atoms with Crippen LogP contribution < -0.4 is 10.1 Å². The van der Waals surface area contributed by atoms with Gasteiger partial charge in [-0.2, -0.15) is 0 Å². The van der Waals surface area contributed by atoms with E-state index in [2.05, 4.69) is 56.0 Å². The van der Waals surface area contributed by atoms with Crippen molar-refractivity contribution in [1.29, 1.82) is 0 Å². The Kier molecular flexibility index (Phi) is 5.43. The van der Waals surface area contributed by atoms with Gasteiger partial charge in [-0.1, -0.05) is 13.0 Å². The first-order chi connectivity index (χ1) is 9.58. The highest BCUT2D eigenvalue weighted by atomic mass is 79.9. The number of ether oxygens (including phenoxy) is 1. The van der Waals surface area contributed by atoms with Gasteiger partial charge in [-0.3, -0.25) is 0 Å². The summed E-state index contributed by atoms with van der Waals surface area (Å²) >= 11 is 6.88. The third kappa shape index (κ3) is 4.21. The summed E-state index contributed by atoms with van der Waals surface area (Å²) in [6.45, 7) is 4.17. The summed E-state index contributed by atoms with van der Waals surface area (Å²) in [5.41, 5.74) is 0.946. The maximum absolute atomic E-state index is 5.81. The Bertz CT molecular complexity index is 590. The lowest BCUT2D eigenvalue weighted by Gasteiger charge is -2.14. The molecule has 0 aliphatic carbocycles. The Labute approximate surface area is 136 Å². The number of hydrogen-bond donors (Lipinski definition) is 1. The molecular formula is C15H16Br2N2O. The predicted molar refractivity (Wildman–Crippen MR) is 89.7 cm³/mol. The van der Waals surface area contributed by atoms with Gasteiger partial charge in [-0.15, -0.1) is 0 Å². The fourth-order valence-corrected chi connectivity index (χ4v) is 2.69. The fourth-order valence-electron chi connectivity index (χ4n) is 1.61. The molecule has 1 aromatic carbocycles. The van der Waals surface area contributed by atoms with E-state index >= 15 is 0 Å². The maximum atomic E-state index is 5.81. The summed E-state index contributed by atoms with van der Waals surface area (Å²) in [6.07, 6.45) is 2.95. The van der Waals surface area contributed by atoms with Crippen molar-refractivity contribution in [1.82, 2.24) is 4.98 Å². The molecule has 0 fully saturated rings. The van der Waals surface area contributed by atoms with Crippen molar-refractivity contribution in [2.24, 2.45) is 0 Å². The highest BCUT2D eigenvalue weighted by Gasteiger charge is 2.05. The van der Waals surface area contributed by atoms with Crippen molar-refractivity contribution in [3.8, 4) is 5.75 Å². The van der Waals surface area contributed by atoms with Gasteiger partial charge >= 0.3 is 0 Å². The first kappa shape index (κ1) is 15.3. The van der Waals surface area contributed by atoms with Gasteiger partial charge in [0.15, 0.2) is 0 Å². The van der Waals surface area contributed by atoms with E-state index < -0.39 is 0 Å². The lowest BCUT2D eigenvalue weighted by Crippen LogP contribution is -2.09. The zero-order valence-electron chi connectivity index (χ0n) is 11.4. The van der Waals surface area contributed by atoms with Crippen molar-refractivity contribution in [3.63, 3.8) is 0 Å². The molecule has 0 aliphatic heterocycles. The minimum Gasteiger partial charge on any atom is -0.491 e. The molecule has 1 unspecified atom stereocenters. The number of nitrogens with zero attached hydrogens (tertiary/aromatic N) is 1. The smallest absolute Gasteiger partial charge is 0.144 e. The Hall–Kier alpha value is -1.07. The van der Waals surface area contributed by atoms with Crippen LogP contribution in [-0.2, 0) is 0 Å². The van der Waals surface area contributed by atoms with Crippen molar-refractivity contribution >= 4 is 43.4 Å². The van der Waals surface area contributed by atoms with Crippen molar-refractivity contribution < 1.29 is 4.74 Å². The highest BCUT2D eigenvalue weighted by Crippen LogP contribution is 2.28.